The van der Waals surface area contributed by atoms with Crippen molar-refractivity contribution in [3.8, 4) is 0 Å². The highest BCUT2D eigenvalue weighted by Gasteiger charge is 2.51. The van der Waals surface area contributed by atoms with Gasteiger partial charge in [0.05, 0.1) is 23.3 Å². The van der Waals surface area contributed by atoms with Crippen LogP contribution in [-0.2, 0) is 16.1 Å². The van der Waals surface area contributed by atoms with Crippen LogP contribution < -0.4 is 5.32 Å². The lowest BCUT2D eigenvalue weighted by molar-refractivity contribution is -0.181. The van der Waals surface area contributed by atoms with Crippen LogP contribution in [0.4, 0.5) is 0 Å². The molecule has 1 unspecified atom stereocenters. The normalized spacial score (nSPS) is 30.0. The number of carboxylic acid groups (broad SMARTS) is 1. The molecular weight excluding hydrogens is 298 g/mol. The molecule has 7 nitrogen and oxygen atoms in total. The number of nitrogens with one attached hydrogen (secondary N) is 1. The number of carbonyl (C=O) groups excluding carboxylic acids is 1. The minimum absolute atomic E-state index is 0.0283. The van der Waals surface area contributed by atoms with Crippen molar-refractivity contribution >= 4 is 11.9 Å². The fraction of sp³-hybridized carbons (Fsp3) is 0.688. The molecule has 0 aromatic carbocycles. The zero-order chi connectivity index (χ0) is 16.4. The molecule has 1 saturated carbocycles. The molecule has 126 valence electrons. The number of carboxylic acids is 1. The first-order chi connectivity index (χ1) is 11.0. The molecule has 2 heterocycles. The second-order valence-electron chi connectivity index (χ2n) is 6.63. The van der Waals surface area contributed by atoms with Crippen LogP contribution in [0.25, 0.3) is 0 Å². The third-order valence-electron chi connectivity index (χ3n) is 4.76. The molecule has 2 N–H and O–H groups in total. The molecule has 1 atom stereocenters. The van der Waals surface area contributed by atoms with Crippen LogP contribution in [0.5, 0.6) is 0 Å². The summed E-state index contributed by atoms with van der Waals surface area (Å²) < 4.78 is 7.57. The van der Waals surface area contributed by atoms with E-state index in [0.29, 0.717) is 31.4 Å². The number of ether oxygens (including phenoxy) is 1. The minimum atomic E-state index is -0.756. The predicted molar refractivity (Wildman–Crippen MR) is 82.0 cm³/mol. The molecule has 1 amide bonds. The van der Waals surface area contributed by atoms with Crippen molar-refractivity contribution in [2.24, 2.45) is 5.92 Å². The largest absolute Gasteiger partial charge is 0.481 e. The summed E-state index contributed by atoms with van der Waals surface area (Å²) in [5.41, 5.74) is 0.210. The van der Waals surface area contributed by atoms with Crippen molar-refractivity contribution in [3.05, 3.63) is 18.0 Å². The van der Waals surface area contributed by atoms with Crippen LogP contribution in [0.1, 0.15) is 49.4 Å². The van der Waals surface area contributed by atoms with E-state index in [1.807, 2.05) is 0 Å². The Morgan fingerprint density at radius 3 is 2.96 bits per heavy atom. The van der Waals surface area contributed by atoms with Crippen LogP contribution in [0.2, 0.25) is 0 Å². The summed E-state index contributed by atoms with van der Waals surface area (Å²) in [4.78, 5) is 23.3. The molecule has 0 bridgehead atoms. The summed E-state index contributed by atoms with van der Waals surface area (Å²) in [5.74, 6) is -1.19. The average molecular weight is 321 g/mol. The van der Waals surface area contributed by atoms with Crippen LogP contribution >= 0.6 is 0 Å². The lowest BCUT2D eigenvalue weighted by atomic mass is 9.66. The third-order valence-corrected chi connectivity index (χ3v) is 4.76. The fourth-order valence-corrected chi connectivity index (χ4v) is 3.55. The number of amides is 1. The van der Waals surface area contributed by atoms with Gasteiger partial charge in [0.25, 0.3) is 5.91 Å². The number of hydrogen-bond donors (Lipinski definition) is 2. The smallest absolute Gasteiger partial charge is 0.306 e. The maximum Gasteiger partial charge on any atom is 0.306 e. The summed E-state index contributed by atoms with van der Waals surface area (Å²) in [6.45, 7) is 3.42. The van der Waals surface area contributed by atoms with Gasteiger partial charge in [0.2, 0.25) is 0 Å². The lowest BCUT2D eigenvalue weighted by Gasteiger charge is -2.50. The second-order valence-corrected chi connectivity index (χ2v) is 6.63. The van der Waals surface area contributed by atoms with E-state index < -0.39 is 5.97 Å². The first kappa shape index (κ1) is 16.0. The standard InChI is InChI=1S/C16H23N3O4/c1-2-4-19-10-12(9-17-19)14(20)18-13-3-5-23-16(8-13)6-11(7-16)15(21)22/h9-11,13H,2-8H2,1H3,(H,18,20)(H,21,22). The van der Waals surface area contributed by atoms with Crippen LogP contribution in [0, 0.1) is 5.92 Å². The molecule has 1 aliphatic carbocycles. The van der Waals surface area contributed by atoms with Gasteiger partial charge < -0.3 is 15.2 Å². The number of rotatable bonds is 5. The molecule has 23 heavy (non-hydrogen) atoms. The van der Waals surface area contributed by atoms with Crippen molar-refractivity contribution in [1.29, 1.82) is 0 Å². The van der Waals surface area contributed by atoms with Gasteiger partial charge in [0.15, 0.2) is 0 Å². The Balaban J connectivity index is 1.55. The molecule has 1 saturated heterocycles. The molecular formula is C16H23N3O4. The van der Waals surface area contributed by atoms with Gasteiger partial charge in [-0.05, 0) is 32.1 Å². The van der Waals surface area contributed by atoms with E-state index in [1.54, 1.807) is 17.1 Å². The van der Waals surface area contributed by atoms with Crippen molar-refractivity contribution in [3.63, 3.8) is 0 Å². The van der Waals surface area contributed by atoms with E-state index in [1.165, 1.54) is 0 Å². The predicted octanol–water partition coefficient (Wildman–Crippen LogP) is 1.44. The molecule has 1 aromatic rings. The second kappa shape index (κ2) is 6.31. The summed E-state index contributed by atoms with van der Waals surface area (Å²) >= 11 is 0. The Kier molecular flexibility index (Phi) is 4.39. The molecule has 1 spiro atoms. The van der Waals surface area contributed by atoms with Gasteiger partial charge >= 0.3 is 5.97 Å². The monoisotopic (exact) mass is 321 g/mol. The summed E-state index contributed by atoms with van der Waals surface area (Å²) in [7, 11) is 0. The molecule has 0 radical (unpaired) electrons. The van der Waals surface area contributed by atoms with Crippen molar-refractivity contribution < 1.29 is 19.4 Å². The molecule has 2 aliphatic rings. The highest BCUT2D eigenvalue weighted by molar-refractivity contribution is 5.93. The molecule has 2 fully saturated rings. The highest BCUT2D eigenvalue weighted by Crippen LogP contribution is 2.46. The van der Waals surface area contributed by atoms with Gasteiger partial charge in [-0.25, -0.2) is 0 Å². The van der Waals surface area contributed by atoms with E-state index in [-0.39, 0.29) is 23.5 Å². The van der Waals surface area contributed by atoms with E-state index >= 15 is 0 Å². The Morgan fingerprint density at radius 1 is 1.48 bits per heavy atom. The topological polar surface area (TPSA) is 93.5 Å². The highest BCUT2D eigenvalue weighted by atomic mass is 16.5. The number of hydrogen-bond acceptors (Lipinski definition) is 4. The maximum absolute atomic E-state index is 12.3. The Labute approximate surface area is 135 Å². The number of aryl methyl sites for hydroxylation is 1. The lowest BCUT2D eigenvalue weighted by Crippen LogP contribution is -2.56. The third kappa shape index (κ3) is 3.39. The zero-order valence-electron chi connectivity index (χ0n) is 13.3. The zero-order valence-corrected chi connectivity index (χ0v) is 13.3. The molecule has 7 heteroatoms. The van der Waals surface area contributed by atoms with Crippen molar-refractivity contribution in [2.75, 3.05) is 6.61 Å². The quantitative estimate of drug-likeness (QED) is 0.856. The Hall–Kier alpha value is -1.89. The van der Waals surface area contributed by atoms with Gasteiger partial charge in [-0.1, -0.05) is 6.92 Å². The number of carbonyl (C=O) groups is 2. The van der Waals surface area contributed by atoms with Crippen LogP contribution in [0.15, 0.2) is 12.4 Å². The molecule has 1 aliphatic heterocycles. The van der Waals surface area contributed by atoms with Gasteiger partial charge in [-0.3, -0.25) is 14.3 Å². The summed E-state index contributed by atoms with van der Waals surface area (Å²) in [6, 6.07) is 0.0283. The fourth-order valence-electron chi connectivity index (χ4n) is 3.55. The van der Waals surface area contributed by atoms with E-state index in [2.05, 4.69) is 17.3 Å². The number of aliphatic carboxylic acids is 1. The first-order valence-corrected chi connectivity index (χ1v) is 8.21. The van der Waals surface area contributed by atoms with Crippen molar-refractivity contribution in [2.45, 2.75) is 57.2 Å². The van der Waals surface area contributed by atoms with E-state index in [4.69, 9.17) is 9.84 Å². The average Bonchev–Trinajstić information content (AvgIpc) is 2.94. The summed E-state index contributed by atoms with van der Waals surface area (Å²) in [6.07, 6.45) is 6.85. The van der Waals surface area contributed by atoms with Crippen molar-refractivity contribution in [1.82, 2.24) is 15.1 Å². The molecule has 1 aromatic heterocycles. The van der Waals surface area contributed by atoms with Gasteiger partial charge in [0.1, 0.15) is 0 Å². The van der Waals surface area contributed by atoms with Gasteiger partial charge in [-0.15, -0.1) is 0 Å². The number of nitrogens with zero attached hydrogens (tertiary/aromatic N) is 2. The van der Waals surface area contributed by atoms with E-state index in [0.717, 1.165) is 19.4 Å². The van der Waals surface area contributed by atoms with Crippen LogP contribution in [0.3, 0.4) is 0 Å². The maximum atomic E-state index is 12.3. The van der Waals surface area contributed by atoms with Gasteiger partial charge in [-0.2, -0.15) is 5.10 Å². The van der Waals surface area contributed by atoms with Crippen LogP contribution in [-0.4, -0.2) is 45.0 Å². The summed E-state index contributed by atoms with van der Waals surface area (Å²) in [5, 5.41) is 16.2. The Bertz CT molecular complexity index is 592. The number of aromatic nitrogens is 2. The SMILES string of the molecule is CCCn1cc(C(=O)NC2CCOC3(C2)CC(C(=O)O)C3)cn1. The van der Waals surface area contributed by atoms with Gasteiger partial charge in [0, 0.05) is 25.4 Å². The minimum Gasteiger partial charge on any atom is -0.481 e. The molecule has 3 rings (SSSR count). The van der Waals surface area contributed by atoms with E-state index in [9.17, 15) is 9.59 Å². The first-order valence-electron chi connectivity index (χ1n) is 8.21. The Morgan fingerprint density at radius 2 is 2.26 bits per heavy atom.